The van der Waals surface area contributed by atoms with Crippen LogP contribution in [0.15, 0.2) is 33.9 Å². The van der Waals surface area contributed by atoms with Gasteiger partial charge in [-0.1, -0.05) is 31.4 Å². The van der Waals surface area contributed by atoms with Crippen molar-refractivity contribution in [2.75, 3.05) is 13.2 Å². The van der Waals surface area contributed by atoms with Gasteiger partial charge < -0.3 is 10.1 Å². The van der Waals surface area contributed by atoms with Gasteiger partial charge in [-0.15, -0.1) is 0 Å². The Labute approximate surface area is 164 Å². The fourth-order valence-electron chi connectivity index (χ4n) is 3.78. The number of hydrogen-bond acceptors (Lipinski definition) is 4. The molecule has 0 atom stereocenters. The molecule has 0 aliphatic heterocycles. The number of carbonyl (C=O) groups is 1. The highest BCUT2D eigenvalue weighted by Crippen LogP contribution is 2.20. The first-order chi connectivity index (χ1) is 13.6. The van der Waals surface area contributed by atoms with E-state index in [0.717, 1.165) is 23.8 Å². The lowest BCUT2D eigenvalue weighted by Gasteiger charge is -2.21. The summed E-state index contributed by atoms with van der Waals surface area (Å²) in [5.41, 5.74) is -0.292. The summed E-state index contributed by atoms with van der Waals surface area (Å²) in [6.07, 6.45) is 7.16. The fourth-order valence-corrected chi connectivity index (χ4v) is 3.78. The zero-order chi connectivity index (χ0) is 19.9. The van der Waals surface area contributed by atoms with E-state index in [-0.39, 0.29) is 24.6 Å². The van der Waals surface area contributed by atoms with Crippen LogP contribution in [0.25, 0.3) is 10.9 Å². The molecule has 3 rings (SSSR count). The van der Waals surface area contributed by atoms with Gasteiger partial charge in [-0.05, 0) is 38.3 Å². The topological polar surface area (TPSA) is 82.3 Å². The summed E-state index contributed by atoms with van der Waals surface area (Å²) in [5, 5.41) is 3.29. The summed E-state index contributed by atoms with van der Waals surface area (Å²) in [4.78, 5) is 37.4. The van der Waals surface area contributed by atoms with Crippen LogP contribution in [0.3, 0.4) is 0 Å². The maximum absolute atomic E-state index is 12.6. The molecule has 0 radical (unpaired) electrons. The number of aromatic nitrogens is 2. The number of carbonyl (C=O) groups excluding carboxylic acids is 1. The number of nitrogens with zero attached hydrogens (tertiary/aromatic N) is 2. The van der Waals surface area contributed by atoms with E-state index in [1.54, 1.807) is 31.2 Å². The van der Waals surface area contributed by atoms with Gasteiger partial charge >= 0.3 is 5.69 Å². The summed E-state index contributed by atoms with van der Waals surface area (Å²) < 4.78 is 8.39. The van der Waals surface area contributed by atoms with Crippen molar-refractivity contribution >= 4 is 16.8 Å². The Morgan fingerprint density at radius 1 is 1.14 bits per heavy atom. The molecule has 1 saturated carbocycles. The van der Waals surface area contributed by atoms with Gasteiger partial charge in [-0.2, -0.15) is 0 Å². The van der Waals surface area contributed by atoms with Gasteiger partial charge in [0.05, 0.1) is 17.0 Å². The Kier molecular flexibility index (Phi) is 7.03. The number of benzene rings is 1. The van der Waals surface area contributed by atoms with Crippen molar-refractivity contribution in [3.8, 4) is 0 Å². The zero-order valence-electron chi connectivity index (χ0n) is 16.5. The zero-order valence-corrected chi connectivity index (χ0v) is 16.5. The lowest BCUT2D eigenvalue weighted by Crippen LogP contribution is -2.42. The van der Waals surface area contributed by atoms with Gasteiger partial charge in [0.2, 0.25) is 5.91 Å². The minimum Gasteiger partial charge on any atom is -0.378 e. The Morgan fingerprint density at radius 3 is 2.64 bits per heavy atom. The molecule has 0 bridgehead atoms. The van der Waals surface area contributed by atoms with Crippen LogP contribution in [0.1, 0.15) is 45.4 Å². The third-order valence-corrected chi connectivity index (χ3v) is 5.30. The highest BCUT2D eigenvalue weighted by Gasteiger charge is 2.15. The molecule has 1 aromatic carbocycles. The molecular weight excluding hydrogens is 358 g/mol. The molecule has 152 valence electrons. The molecule has 1 aliphatic rings. The number of para-hydroxylation sites is 1. The van der Waals surface area contributed by atoms with E-state index in [1.807, 2.05) is 0 Å². The number of nitrogens with one attached hydrogen (secondary N) is 1. The summed E-state index contributed by atoms with van der Waals surface area (Å²) in [6.45, 7) is 3.04. The molecular formula is C21H29N3O4. The van der Waals surface area contributed by atoms with Gasteiger partial charge in [0.1, 0.15) is 6.54 Å². The molecule has 1 N–H and O–H groups in total. The quantitative estimate of drug-likeness (QED) is 0.703. The number of fused-ring (bicyclic) bond motifs is 1. The molecule has 7 nitrogen and oxygen atoms in total. The summed E-state index contributed by atoms with van der Waals surface area (Å²) in [7, 11) is 0. The minimum atomic E-state index is -0.456. The third kappa shape index (κ3) is 4.70. The van der Waals surface area contributed by atoms with Crippen LogP contribution < -0.4 is 16.6 Å². The Morgan fingerprint density at radius 2 is 1.89 bits per heavy atom. The number of hydrogen-bond donors (Lipinski definition) is 1. The van der Waals surface area contributed by atoms with Crippen LogP contribution in [0.5, 0.6) is 0 Å². The van der Waals surface area contributed by atoms with Crippen LogP contribution in [-0.4, -0.2) is 34.3 Å². The smallest absolute Gasteiger partial charge is 0.331 e. The van der Waals surface area contributed by atoms with E-state index in [1.165, 1.54) is 23.8 Å². The van der Waals surface area contributed by atoms with Crippen molar-refractivity contribution < 1.29 is 9.53 Å². The minimum absolute atomic E-state index is 0.108. The SMILES string of the molecule is CCn1c(=O)c2ccccc2n(CC(=O)NCCCOC2CCCCC2)c1=O. The average Bonchev–Trinajstić information content (AvgIpc) is 2.72. The van der Waals surface area contributed by atoms with Crippen molar-refractivity contribution in [1.29, 1.82) is 0 Å². The largest absolute Gasteiger partial charge is 0.378 e. The molecule has 1 fully saturated rings. The maximum atomic E-state index is 12.6. The standard InChI is InChI=1S/C21H29N3O4/c1-2-23-20(26)17-11-6-7-12-18(17)24(21(23)27)15-19(25)22-13-8-14-28-16-9-4-3-5-10-16/h6-7,11-12,16H,2-5,8-10,13-15H2,1H3,(H,22,25). The monoisotopic (exact) mass is 387 g/mol. The van der Waals surface area contributed by atoms with Crippen molar-refractivity contribution in [2.45, 2.75) is 64.6 Å². The van der Waals surface area contributed by atoms with Gasteiger partial charge in [0.15, 0.2) is 0 Å². The fraction of sp³-hybridized carbons (Fsp3) is 0.571. The van der Waals surface area contributed by atoms with Crippen LogP contribution in [0, 0.1) is 0 Å². The highest BCUT2D eigenvalue weighted by molar-refractivity contribution is 5.81. The average molecular weight is 387 g/mol. The van der Waals surface area contributed by atoms with Crippen LogP contribution >= 0.6 is 0 Å². The molecule has 7 heteroatoms. The van der Waals surface area contributed by atoms with Crippen molar-refractivity contribution in [1.82, 2.24) is 14.5 Å². The van der Waals surface area contributed by atoms with E-state index in [2.05, 4.69) is 5.32 Å². The molecule has 0 saturated heterocycles. The second-order valence-corrected chi connectivity index (χ2v) is 7.27. The van der Waals surface area contributed by atoms with E-state index < -0.39 is 5.69 Å². The molecule has 1 amide bonds. The number of ether oxygens (including phenoxy) is 1. The van der Waals surface area contributed by atoms with Crippen LogP contribution in [0.4, 0.5) is 0 Å². The molecule has 28 heavy (non-hydrogen) atoms. The molecule has 0 unspecified atom stereocenters. The van der Waals surface area contributed by atoms with Crippen molar-refractivity contribution in [3.63, 3.8) is 0 Å². The van der Waals surface area contributed by atoms with Crippen LogP contribution in [-0.2, 0) is 22.6 Å². The highest BCUT2D eigenvalue weighted by atomic mass is 16.5. The first-order valence-corrected chi connectivity index (χ1v) is 10.2. The lowest BCUT2D eigenvalue weighted by molar-refractivity contribution is -0.121. The van der Waals surface area contributed by atoms with E-state index in [0.29, 0.717) is 30.2 Å². The number of rotatable bonds is 8. The third-order valence-electron chi connectivity index (χ3n) is 5.30. The Balaban J connectivity index is 1.58. The maximum Gasteiger partial charge on any atom is 0.331 e. The molecule has 2 aromatic rings. The molecule has 1 heterocycles. The molecule has 0 spiro atoms. The summed E-state index contributed by atoms with van der Waals surface area (Å²) in [6, 6.07) is 6.89. The molecule has 1 aromatic heterocycles. The van der Waals surface area contributed by atoms with Crippen LogP contribution in [0.2, 0.25) is 0 Å². The second kappa shape index (κ2) is 9.68. The van der Waals surface area contributed by atoms with E-state index >= 15 is 0 Å². The van der Waals surface area contributed by atoms with Gasteiger partial charge in [-0.3, -0.25) is 18.7 Å². The first kappa shape index (κ1) is 20.3. The summed E-state index contributed by atoms with van der Waals surface area (Å²) >= 11 is 0. The van der Waals surface area contributed by atoms with Gasteiger partial charge in [-0.25, -0.2) is 4.79 Å². The predicted molar refractivity (Wildman–Crippen MR) is 109 cm³/mol. The van der Waals surface area contributed by atoms with Crippen molar-refractivity contribution in [3.05, 3.63) is 45.1 Å². The summed E-state index contributed by atoms with van der Waals surface area (Å²) in [5.74, 6) is -0.244. The van der Waals surface area contributed by atoms with Gasteiger partial charge in [0, 0.05) is 19.7 Å². The lowest BCUT2D eigenvalue weighted by atomic mass is 9.98. The predicted octanol–water partition coefficient (Wildman–Crippen LogP) is 2.04. The Hall–Kier alpha value is -2.41. The Bertz CT molecular complexity index is 925. The second-order valence-electron chi connectivity index (χ2n) is 7.27. The molecule has 1 aliphatic carbocycles. The number of amides is 1. The first-order valence-electron chi connectivity index (χ1n) is 10.2. The van der Waals surface area contributed by atoms with E-state index in [9.17, 15) is 14.4 Å². The van der Waals surface area contributed by atoms with E-state index in [4.69, 9.17) is 4.74 Å². The van der Waals surface area contributed by atoms with Crippen molar-refractivity contribution in [2.24, 2.45) is 0 Å². The van der Waals surface area contributed by atoms with Gasteiger partial charge in [0.25, 0.3) is 5.56 Å². The normalized spacial score (nSPS) is 15.0.